The molecule has 1 atom stereocenters. The fourth-order valence-electron chi connectivity index (χ4n) is 4.00. The molecule has 0 fully saturated rings. The Morgan fingerprint density at radius 3 is 2.64 bits per heavy atom. The lowest BCUT2D eigenvalue weighted by molar-refractivity contribution is -0.139. The zero-order valence-electron chi connectivity index (χ0n) is 19.3. The molecule has 3 aromatic heterocycles. The number of furan rings is 1. The number of carbonyl (C=O) groups excluding carboxylic acids is 1. The van der Waals surface area contributed by atoms with Crippen molar-refractivity contribution in [3.05, 3.63) is 101 Å². The van der Waals surface area contributed by atoms with E-state index >= 15 is 0 Å². The summed E-state index contributed by atoms with van der Waals surface area (Å²) in [7, 11) is 0. The Labute approximate surface area is 212 Å². The van der Waals surface area contributed by atoms with Crippen LogP contribution >= 0.6 is 22.7 Å². The third-order valence-electron chi connectivity index (χ3n) is 5.65. The molecule has 36 heavy (non-hydrogen) atoms. The van der Waals surface area contributed by atoms with Crippen LogP contribution in [0.2, 0.25) is 0 Å². The highest BCUT2D eigenvalue weighted by Crippen LogP contribution is 2.33. The number of allylic oxidation sites excluding steroid dienone is 1. The van der Waals surface area contributed by atoms with Crippen LogP contribution in [0.4, 0.5) is 0 Å². The predicted molar refractivity (Wildman–Crippen MR) is 136 cm³/mol. The molecule has 0 saturated heterocycles. The predicted octanol–water partition coefficient (Wildman–Crippen LogP) is 3.82. The number of carboxylic acid groups (broad SMARTS) is 1. The summed E-state index contributed by atoms with van der Waals surface area (Å²) in [5.74, 6) is -0.482. The van der Waals surface area contributed by atoms with Crippen LogP contribution in [0.15, 0.2) is 79.4 Å². The number of carboxylic acids is 1. The monoisotopic (exact) mass is 520 g/mol. The number of carbonyl (C=O) groups is 2. The van der Waals surface area contributed by atoms with Crippen molar-refractivity contribution in [3.63, 3.8) is 0 Å². The van der Waals surface area contributed by atoms with Crippen LogP contribution in [0.1, 0.15) is 40.9 Å². The first-order valence-corrected chi connectivity index (χ1v) is 12.7. The van der Waals surface area contributed by atoms with Gasteiger partial charge in [-0.25, -0.2) is 14.6 Å². The van der Waals surface area contributed by atoms with Crippen LogP contribution in [-0.2, 0) is 9.53 Å². The molecular formula is C26H20N2O6S2. The van der Waals surface area contributed by atoms with Crippen molar-refractivity contribution >= 4 is 40.7 Å². The zero-order chi connectivity index (χ0) is 25.4. The molecule has 1 N–H and O–H groups in total. The lowest BCUT2D eigenvalue weighted by Gasteiger charge is -2.23. The van der Waals surface area contributed by atoms with E-state index < -0.39 is 18.0 Å². The molecule has 1 aliphatic heterocycles. The molecular weight excluding hydrogens is 500 g/mol. The molecule has 0 spiro atoms. The molecule has 10 heteroatoms. The highest BCUT2D eigenvalue weighted by atomic mass is 32.1. The van der Waals surface area contributed by atoms with Crippen molar-refractivity contribution < 1.29 is 23.8 Å². The average molecular weight is 521 g/mol. The molecule has 0 radical (unpaired) electrons. The first kappa shape index (κ1) is 23.7. The molecule has 1 aromatic carbocycles. The summed E-state index contributed by atoms with van der Waals surface area (Å²) in [4.78, 5) is 43.3. The van der Waals surface area contributed by atoms with Gasteiger partial charge in [0, 0.05) is 16.5 Å². The van der Waals surface area contributed by atoms with Crippen LogP contribution in [0.25, 0.3) is 17.4 Å². The number of esters is 1. The smallest absolute Gasteiger partial charge is 0.338 e. The SMILES string of the molecule is CCOC(=O)C1=C(C)N=c2sc(=Cc3ccc(-c4ccc(C(=O)O)cc4)o3)c(=O)n2[C@@H]1c1cccs1. The molecule has 0 bridgehead atoms. The van der Waals surface area contributed by atoms with E-state index in [1.807, 2.05) is 17.5 Å². The Balaban J connectivity index is 1.57. The lowest BCUT2D eigenvalue weighted by atomic mass is 10.0. The maximum absolute atomic E-state index is 13.5. The maximum atomic E-state index is 13.5. The summed E-state index contributed by atoms with van der Waals surface area (Å²) < 4.78 is 13.1. The van der Waals surface area contributed by atoms with Gasteiger partial charge in [0.1, 0.15) is 17.6 Å². The van der Waals surface area contributed by atoms with Crippen molar-refractivity contribution in [1.82, 2.24) is 4.57 Å². The fraction of sp³-hybridized carbons (Fsp3) is 0.154. The third kappa shape index (κ3) is 4.25. The standard InChI is InChI=1S/C26H20N2O6S2/c1-3-33-25(32)21-14(2)27-26-28(22(21)19-5-4-12-35-19)23(29)20(36-26)13-17-10-11-18(34-17)15-6-8-16(9-7-15)24(30)31/h4-13,22H,3H2,1-2H3,(H,30,31)/t22-/m1/s1. The fourth-order valence-corrected chi connectivity index (χ4v) is 5.85. The van der Waals surface area contributed by atoms with Gasteiger partial charge >= 0.3 is 11.9 Å². The molecule has 5 rings (SSSR count). The van der Waals surface area contributed by atoms with Gasteiger partial charge in [0.05, 0.1) is 28.0 Å². The number of hydrogen-bond acceptors (Lipinski definition) is 8. The Kier molecular flexibility index (Phi) is 6.29. The average Bonchev–Trinajstić information content (AvgIpc) is 3.60. The second-order valence-electron chi connectivity index (χ2n) is 7.90. The number of thiophene rings is 1. The molecule has 0 aliphatic carbocycles. The van der Waals surface area contributed by atoms with Gasteiger partial charge in [-0.05, 0) is 49.6 Å². The van der Waals surface area contributed by atoms with Crippen molar-refractivity contribution in [3.8, 4) is 11.3 Å². The molecule has 4 heterocycles. The number of thiazole rings is 1. The summed E-state index contributed by atoms with van der Waals surface area (Å²) in [5.41, 5.74) is 1.49. The van der Waals surface area contributed by atoms with Gasteiger partial charge < -0.3 is 14.3 Å². The molecule has 0 saturated carbocycles. The Bertz CT molecular complexity index is 1670. The van der Waals surface area contributed by atoms with Crippen LogP contribution < -0.4 is 14.9 Å². The second kappa shape index (κ2) is 9.56. The minimum Gasteiger partial charge on any atom is -0.478 e. The van der Waals surface area contributed by atoms with E-state index in [1.54, 1.807) is 44.2 Å². The maximum Gasteiger partial charge on any atom is 0.338 e. The van der Waals surface area contributed by atoms with Gasteiger partial charge in [-0.15, -0.1) is 11.3 Å². The van der Waals surface area contributed by atoms with Gasteiger partial charge in [0.15, 0.2) is 4.80 Å². The van der Waals surface area contributed by atoms with Crippen LogP contribution in [0.3, 0.4) is 0 Å². The highest BCUT2D eigenvalue weighted by Gasteiger charge is 2.33. The molecule has 182 valence electrons. The summed E-state index contributed by atoms with van der Waals surface area (Å²) in [6.07, 6.45) is 1.65. The highest BCUT2D eigenvalue weighted by molar-refractivity contribution is 7.10. The number of hydrogen-bond donors (Lipinski definition) is 1. The van der Waals surface area contributed by atoms with Gasteiger partial charge in [-0.2, -0.15) is 0 Å². The Hall–Kier alpha value is -4.02. The van der Waals surface area contributed by atoms with Crippen molar-refractivity contribution in [2.75, 3.05) is 6.61 Å². The summed E-state index contributed by atoms with van der Waals surface area (Å²) in [6, 6.07) is 13.0. The summed E-state index contributed by atoms with van der Waals surface area (Å²) >= 11 is 2.68. The topological polar surface area (TPSA) is 111 Å². The normalized spacial score (nSPS) is 15.5. The van der Waals surface area contributed by atoms with Gasteiger partial charge in [0.25, 0.3) is 5.56 Å². The summed E-state index contributed by atoms with van der Waals surface area (Å²) in [5, 5.41) is 11.0. The first-order valence-electron chi connectivity index (χ1n) is 11.0. The van der Waals surface area contributed by atoms with E-state index in [1.165, 1.54) is 39.4 Å². The second-order valence-corrected chi connectivity index (χ2v) is 9.89. The molecule has 0 amide bonds. The van der Waals surface area contributed by atoms with Gasteiger partial charge in [-0.3, -0.25) is 9.36 Å². The van der Waals surface area contributed by atoms with E-state index in [9.17, 15) is 14.4 Å². The van der Waals surface area contributed by atoms with E-state index in [-0.39, 0.29) is 17.7 Å². The van der Waals surface area contributed by atoms with Crippen LogP contribution in [0.5, 0.6) is 0 Å². The summed E-state index contributed by atoms with van der Waals surface area (Å²) in [6.45, 7) is 3.71. The first-order chi connectivity index (χ1) is 17.4. The van der Waals surface area contributed by atoms with Crippen molar-refractivity contribution in [2.24, 2.45) is 4.99 Å². The molecule has 1 aliphatic rings. The Morgan fingerprint density at radius 2 is 1.97 bits per heavy atom. The van der Waals surface area contributed by atoms with Gasteiger partial charge in [0.2, 0.25) is 0 Å². The van der Waals surface area contributed by atoms with Crippen LogP contribution in [0, 0.1) is 0 Å². The molecule has 4 aromatic rings. The van der Waals surface area contributed by atoms with Crippen LogP contribution in [-0.4, -0.2) is 28.2 Å². The number of aromatic nitrogens is 1. The minimum absolute atomic E-state index is 0.185. The number of nitrogens with zero attached hydrogens (tertiary/aromatic N) is 2. The van der Waals surface area contributed by atoms with E-state index in [0.717, 1.165) is 4.88 Å². The number of benzene rings is 1. The Morgan fingerprint density at radius 1 is 1.19 bits per heavy atom. The third-order valence-corrected chi connectivity index (χ3v) is 7.55. The van der Waals surface area contributed by atoms with Crippen molar-refractivity contribution in [2.45, 2.75) is 19.9 Å². The van der Waals surface area contributed by atoms with E-state index in [4.69, 9.17) is 14.3 Å². The van der Waals surface area contributed by atoms with Gasteiger partial charge in [-0.1, -0.05) is 29.5 Å². The number of ether oxygens (including phenoxy) is 1. The number of fused-ring (bicyclic) bond motifs is 1. The quantitative estimate of drug-likeness (QED) is 0.387. The van der Waals surface area contributed by atoms with E-state index in [2.05, 4.69) is 4.99 Å². The van der Waals surface area contributed by atoms with Crippen molar-refractivity contribution in [1.29, 1.82) is 0 Å². The largest absolute Gasteiger partial charge is 0.478 e. The number of aromatic carboxylic acids is 1. The minimum atomic E-state index is -1.00. The zero-order valence-corrected chi connectivity index (χ0v) is 20.9. The molecule has 8 nitrogen and oxygen atoms in total. The lowest BCUT2D eigenvalue weighted by Crippen LogP contribution is -2.39. The molecule has 0 unspecified atom stereocenters. The number of rotatable bonds is 6. The van der Waals surface area contributed by atoms with E-state index in [0.29, 0.717) is 37.7 Å².